The quantitative estimate of drug-likeness (QED) is 0.364. The Morgan fingerprint density at radius 3 is 2.59 bits per heavy atom. The normalized spacial score (nSPS) is 39.9. The number of carbonyl (C=O) groups is 1. The van der Waals surface area contributed by atoms with Crippen LogP contribution in [0.4, 0.5) is 0 Å². The van der Waals surface area contributed by atoms with Crippen molar-refractivity contribution in [1.29, 1.82) is 0 Å². The molecular formula is C9H16O8. The van der Waals surface area contributed by atoms with Gasteiger partial charge < -0.3 is 35.0 Å². The lowest BCUT2D eigenvalue weighted by atomic mass is 9.93. The summed E-state index contributed by atoms with van der Waals surface area (Å²) in [5.74, 6) is -4.28. The van der Waals surface area contributed by atoms with Crippen molar-refractivity contribution in [3.05, 3.63) is 0 Å². The van der Waals surface area contributed by atoms with E-state index in [1.54, 1.807) is 0 Å². The van der Waals surface area contributed by atoms with Gasteiger partial charge in [0.15, 0.2) is 0 Å². The van der Waals surface area contributed by atoms with Crippen LogP contribution in [0.2, 0.25) is 0 Å². The molecule has 1 heterocycles. The highest BCUT2D eigenvalue weighted by Gasteiger charge is 2.52. The van der Waals surface area contributed by atoms with E-state index >= 15 is 0 Å². The Morgan fingerprint density at radius 2 is 2.18 bits per heavy atom. The van der Waals surface area contributed by atoms with Gasteiger partial charge in [0, 0.05) is 13.5 Å². The summed E-state index contributed by atoms with van der Waals surface area (Å²) in [7, 11) is 1.22. The number of aliphatic hydroxyl groups excluding tert-OH is 3. The molecule has 0 spiro atoms. The second kappa shape index (κ2) is 5.25. The van der Waals surface area contributed by atoms with Crippen LogP contribution in [0.1, 0.15) is 6.42 Å². The summed E-state index contributed by atoms with van der Waals surface area (Å²) in [5.41, 5.74) is 0. The fourth-order valence-electron chi connectivity index (χ4n) is 1.71. The number of aliphatic hydroxyl groups is 4. The maximum absolute atomic E-state index is 10.8. The Bertz CT molecular complexity index is 276. The molecule has 1 aliphatic rings. The smallest absolute Gasteiger partial charge is 0.364 e. The minimum absolute atomic E-state index is 0.555. The van der Waals surface area contributed by atoms with E-state index in [1.807, 2.05) is 0 Å². The van der Waals surface area contributed by atoms with Gasteiger partial charge in [-0.1, -0.05) is 0 Å². The molecule has 0 aromatic carbocycles. The predicted molar refractivity (Wildman–Crippen MR) is 52.0 cm³/mol. The lowest BCUT2D eigenvalue weighted by Gasteiger charge is -2.42. The standard InChI is InChI=1S/C9H16O8/c1-16-5(3-10)7-6(12)4(11)2-9(15,17-7)8(13)14/h4-7,10-12,15H,2-3H2,1H3,(H,13,14)/t4-,5-,6-,7-,9-/m1/s1. The third-order valence-electron chi connectivity index (χ3n) is 2.73. The summed E-state index contributed by atoms with van der Waals surface area (Å²) in [4.78, 5) is 10.8. The molecule has 5 N–H and O–H groups in total. The summed E-state index contributed by atoms with van der Waals surface area (Å²) in [6, 6.07) is 0. The van der Waals surface area contributed by atoms with E-state index in [0.29, 0.717) is 0 Å². The maximum atomic E-state index is 10.8. The van der Waals surface area contributed by atoms with Crippen molar-refractivity contribution in [2.24, 2.45) is 0 Å². The molecule has 0 aliphatic carbocycles. The fourth-order valence-corrected chi connectivity index (χ4v) is 1.71. The van der Waals surface area contributed by atoms with Gasteiger partial charge in [-0.2, -0.15) is 0 Å². The first-order valence-corrected chi connectivity index (χ1v) is 4.99. The van der Waals surface area contributed by atoms with Gasteiger partial charge in [-0.25, -0.2) is 4.79 Å². The number of hydrogen-bond donors (Lipinski definition) is 5. The SMILES string of the molecule is CO[C@H](CO)[C@H]1O[C@@](O)(C(=O)O)C[C@@H](O)[C@H]1O. The van der Waals surface area contributed by atoms with Crippen LogP contribution in [-0.2, 0) is 14.3 Å². The van der Waals surface area contributed by atoms with E-state index in [1.165, 1.54) is 7.11 Å². The van der Waals surface area contributed by atoms with Gasteiger partial charge in [-0.3, -0.25) is 0 Å². The molecule has 1 aliphatic heterocycles. The molecule has 0 radical (unpaired) electrons. The first-order chi connectivity index (χ1) is 7.85. The Labute approximate surface area is 97.0 Å². The van der Waals surface area contributed by atoms with Crippen LogP contribution in [0, 0.1) is 0 Å². The van der Waals surface area contributed by atoms with Gasteiger partial charge in [0.2, 0.25) is 0 Å². The first kappa shape index (κ1) is 14.3. The average molecular weight is 252 g/mol. The van der Waals surface area contributed by atoms with E-state index in [9.17, 15) is 20.1 Å². The highest BCUT2D eigenvalue weighted by atomic mass is 16.7. The minimum atomic E-state index is -2.60. The molecule has 0 bridgehead atoms. The number of carboxylic acids is 1. The maximum Gasteiger partial charge on any atom is 0.364 e. The highest BCUT2D eigenvalue weighted by molar-refractivity contribution is 5.75. The van der Waals surface area contributed by atoms with Gasteiger partial charge in [0.05, 0.1) is 12.7 Å². The molecule has 8 heteroatoms. The highest BCUT2D eigenvalue weighted by Crippen LogP contribution is 2.30. The molecule has 0 aromatic heterocycles. The van der Waals surface area contributed by atoms with E-state index in [-0.39, 0.29) is 0 Å². The van der Waals surface area contributed by atoms with Crippen LogP contribution in [0.15, 0.2) is 0 Å². The van der Waals surface area contributed by atoms with E-state index < -0.39 is 49.2 Å². The largest absolute Gasteiger partial charge is 0.477 e. The number of rotatable bonds is 4. The molecule has 0 unspecified atom stereocenters. The Kier molecular flexibility index (Phi) is 4.42. The third kappa shape index (κ3) is 2.73. The molecule has 0 saturated carbocycles. The van der Waals surface area contributed by atoms with Crippen LogP contribution >= 0.6 is 0 Å². The van der Waals surface area contributed by atoms with E-state index in [2.05, 4.69) is 0 Å². The lowest BCUT2D eigenvalue weighted by molar-refractivity contribution is -0.310. The van der Waals surface area contributed by atoms with Crippen molar-refractivity contribution in [2.45, 2.75) is 36.6 Å². The molecule has 0 aromatic rings. The molecule has 8 nitrogen and oxygen atoms in total. The second-order valence-corrected chi connectivity index (χ2v) is 3.89. The molecule has 1 fully saturated rings. The van der Waals surface area contributed by atoms with Crippen LogP contribution in [0.25, 0.3) is 0 Å². The molecule has 0 amide bonds. The zero-order valence-corrected chi connectivity index (χ0v) is 9.18. The molecular weight excluding hydrogens is 236 g/mol. The van der Waals surface area contributed by atoms with Crippen LogP contribution in [0.3, 0.4) is 0 Å². The molecule has 17 heavy (non-hydrogen) atoms. The number of ether oxygens (including phenoxy) is 2. The predicted octanol–water partition coefficient (Wildman–Crippen LogP) is -2.72. The average Bonchev–Trinajstić information content (AvgIpc) is 2.26. The summed E-state index contributed by atoms with van der Waals surface area (Å²) < 4.78 is 9.60. The van der Waals surface area contributed by atoms with Crippen molar-refractivity contribution < 1.29 is 39.8 Å². The van der Waals surface area contributed by atoms with E-state index in [0.717, 1.165) is 0 Å². The van der Waals surface area contributed by atoms with Gasteiger partial charge >= 0.3 is 5.97 Å². The Hall–Kier alpha value is -0.770. The monoisotopic (exact) mass is 252 g/mol. The van der Waals surface area contributed by atoms with Gasteiger partial charge in [-0.05, 0) is 0 Å². The van der Waals surface area contributed by atoms with Crippen LogP contribution < -0.4 is 0 Å². The van der Waals surface area contributed by atoms with Crippen LogP contribution in [0.5, 0.6) is 0 Å². The van der Waals surface area contributed by atoms with Crippen molar-refractivity contribution in [1.82, 2.24) is 0 Å². The minimum Gasteiger partial charge on any atom is -0.477 e. The summed E-state index contributed by atoms with van der Waals surface area (Å²) in [6.07, 6.45) is -5.99. The Balaban J connectivity index is 2.92. The van der Waals surface area contributed by atoms with Gasteiger partial charge in [0.1, 0.15) is 18.3 Å². The lowest BCUT2D eigenvalue weighted by Crippen LogP contribution is -2.62. The van der Waals surface area contributed by atoms with Crippen molar-refractivity contribution in [3.8, 4) is 0 Å². The van der Waals surface area contributed by atoms with Crippen molar-refractivity contribution in [2.75, 3.05) is 13.7 Å². The summed E-state index contributed by atoms with van der Waals surface area (Å²) >= 11 is 0. The summed E-state index contributed by atoms with van der Waals surface area (Å²) in [5, 5.41) is 46.5. The fraction of sp³-hybridized carbons (Fsp3) is 0.889. The number of hydrogen-bond acceptors (Lipinski definition) is 7. The van der Waals surface area contributed by atoms with E-state index in [4.69, 9.17) is 19.7 Å². The van der Waals surface area contributed by atoms with Crippen molar-refractivity contribution in [3.63, 3.8) is 0 Å². The number of carboxylic acid groups (broad SMARTS) is 1. The number of methoxy groups -OCH3 is 1. The molecule has 1 rings (SSSR count). The van der Waals surface area contributed by atoms with Gasteiger partial charge in [0.25, 0.3) is 5.79 Å². The second-order valence-electron chi connectivity index (χ2n) is 3.89. The van der Waals surface area contributed by atoms with Gasteiger partial charge in [-0.15, -0.1) is 0 Å². The first-order valence-electron chi connectivity index (χ1n) is 4.99. The zero-order valence-electron chi connectivity index (χ0n) is 9.18. The van der Waals surface area contributed by atoms with Crippen LogP contribution in [-0.4, -0.2) is 75.4 Å². The zero-order chi connectivity index (χ0) is 13.2. The topological polar surface area (TPSA) is 137 Å². The third-order valence-corrected chi connectivity index (χ3v) is 2.73. The Morgan fingerprint density at radius 1 is 1.59 bits per heavy atom. The molecule has 1 saturated heterocycles. The van der Waals surface area contributed by atoms with Crippen molar-refractivity contribution >= 4 is 5.97 Å². The molecule has 5 atom stereocenters. The number of aliphatic carboxylic acids is 1. The summed E-state index contributed by atoms with van der Waals surface area (Å²) in [6.45, 7) is -0.555. The molecule has 100 valence electrons.